The van der Waals surface area contributed by atoms with Crippen molar-refractivity contribution >= 4 is 17.3 Å². The molecule has 1 heterocycles. The number of nitro groups is 1. The van der Waals surface area contributed by atoms with Gasteiger partial charge in [-0.2, -0.15) is 0 Å². The van der Waals surface area contributed by atoms with E-state index in [4.69, 9.17) is 16.7 Å². The summed E-state index contributed by atoms with van der Waals surface area (Å²) in [6.45, 7) is 5.33. The molecule has 1 aliphatic heterocycles. The van der Waals surface area contributed by atoms with Crippen LogP contribution < -0.4 is 0 Å². The maximum Gasteiger partial charge on any atom is 0.288 e. The third kappa shape index (κ3) is 4.64. The normalized spacial score (nSPS) is 17.6. The predicted octanol–water partition coefficient (Wildman–Crippen LogP) is 1.75. The van der Waals surface area contributed by atoms with Crippen molar-refractivity contribution < 1.29 is 10.0 Å². The quantitative estimate of drug-likeness (QED) is 0.662. The fourth-order valence-corrected chi connectivity index (χ4v) is 2.79. The molecule has 1 fully saturated rings. The van der Waals surface area contributed by atoms with Gasteiger partial charge < -0.3 is 5.11 Å². The molecule has 7 heteroatoms. The van der Waals surface area contributed by atoms with Crippen molar-refractivity contribution in [1.82, 2.24) is 9.80 Å². The number of hydrogen-bond donors (Lipinski definition) is 1. The molecule has 0 bridgehead atoms. The first-order valence-electron chi connectivity index (χ1n) is 7.08. The van der Waals surface area contributed by atoms with E-state index in [1.807, 2.05) is 6.07 Å². The summed E-state index contributed by atoms with van der Waals surface area (Å²) in [6.07, 6.45) is 1.04. The first-order chi connectivity index (χ1) is 10.1. The summed E-state index contributed by atoms with van der Waals surface area (Å²) < 4.78 is 0. The van der Waals surface area contributed by atoms with Crippen LogP contribution in [0, 0.1) is 10.1 Å². The van der Waals surface area contributed by atoms with E-state index < -0.39 is 4.92 Å². The predicted molar refractivity (Wildman–Crippen MR) is 81.5 cm³/mol. The number of halogens is 1. The Labute approximate surface area is 129 Å². The van der Waals surface area contributed by atoms with Crippen LogP contribution in [0.3, 0.4) is 0 Å². The van der Waals surface area contributed by atoms with E-state index in [2.05, 4.69) is 9.80 Å². The minimum absolute atomic E-state index is 0.0362. The van der Waals surface area contributed by atoms with Gasteiger partial charge in [-0.3, -0.25) is 19.9 Å². The van der Waals surface area contributed by atoms with Crippen LogP contribution in [0.1, 0.15) is 12.0 Å². The molecule has 116 valence electrons. The zero-order valence-electron chi connectivity index (χ0n) is 11.9. The van der Waals surface area contributed by atoms with Gasteiger partial charge in [-0.1, -0.05) is 17.7 Å². The van der Waals surface area contributed by atoms with Crippen LogP contribution in [0.15, 0.2) is 18.2 Å². The lowest BCUT2D eigenvalue weighted by Gasteiger charge is -2.21. The minimum atomic E-state index is -0.447. The molecule has 1 aromatic carbocycles. The van der Waals surface area contributed by atoms with E-state index in [1.165, 1.54) is 0 Å². The molecule has 21 heavy (non-hydrogen) atoms. The van der Waals surface area contributed by atoms with Gasteiger partial charge in [-0.25, -0.2) is 0 Å². The molecule has 0 spiro atoms. The Morgan fingerprint density at radius 3 is 2.67 bits per heavy atom. The van der Waals surface area contributed by atoms with Crippen molar-refractivity contribution in [2.75, 3.05) is 39.3 Å². The summed E-state index contributed by atoms with van der Waals surface area (Å²) in [4.78, 5) is 15.0. The van der Waals surface area contributed by atoms with Crippen molar-refractivity contribution in [2.24, 2.45) is 0 Å². The van der Waals surface area contributed by atoms with Gasteiger partial charge in [-0.15, -0.1) is 0 Å². The second kappa shape index (κ2) is 7.70. The van der Waals surface area contributed by atoms with Crippen molar-refractivity contribution in [3.05, 3.63) is 38.9 Å². The number of aliphatic hydroxyl groups is 1. The van der Waals surface area contributed by atoms with Gasteiger partial charge in [-0.05, 0) is 31.1 Å². The molecular weight excluding hydrogens is 294 g/mol. The van der Waals surface area contributed by atoms with Gasteiger partial charge in [0.1, 0.15) is 5.02 Å². The fraction of sp³-hybridized carbons (Fsp3) is 0.571. The number of nitro benzene ring substituents is 1. The van der Waals surface area contributed by atoms with E-state index in [-0.39, 0.29) is 17.3 Å². The Balaban J connectivity index is 1.98. The van der Waals surface area contributed by atoms with Crippen LogP contribution >= 0.6 is 11.6 Å². The Bertz CT molecular complexity index is 498. The molecule has 0 aromatic heterocycles. The topological polar surface area (TPSA) is 69.9 Å². The van der Waals surface area contributed by atoms with Crippen LogP contribution in [-0.4, -0.2) is 59.2 Å². The molecule has 0 amide bonds. The first kappa shape index (κ1) is 16.2. The average molecular weight is 314 g/mol. The highest BCUT2D eigenvalue weighted by molar-refractivity contribution is 6.32. The molecule has 6 nitrogen and oxygen atoms in total. The number of aliphatic hydroxyl groups excluding tert-OH is 1. The Morgan fingerprint density at radius 1 is 1.24 bits per heavy atom. The summed E-state index contributed by atoms with van der Waals surface area (Å²) in [6, 6.07) is 4.98. The first-order valence-corrected chi connectivity index (χ1v) is 7.46. The highest BCUT2D eigenvalue weighted by Crippen LogP contribution is 2.25. The second-order valence-electron chi connectivity index (χ2n) is 5.24. The molecule has 0 unspecified atom stereocenters. The SMILES string of the molecule is O=[N+]([O-])c1cc(CN2CCCN(CCO)CC2)ccc1Cl. The largest absolute Gasteiger partial charge is 0.395 e. The maximum atomic E-state index is 10.9. The minimum Gasteiger partial charge on any atom is -0.395 e. The number of rotatable bonds is 5. The second-order valence-corrected chi connectivity index (χ2v) is 5.65. The monoisotopic (exact) mass is 313 g/mol. The zero-order chi connectivity index (χ0) is 15.2. The van der Waals surface area contributed by atoms with E-state index in [1.54, 1.807) is 12.1 Å². The lowest BCUT2D eigenvalue weighted by molar-refractivity contribution is -0.384. The van der Waals surface area contributed by atoms with Crippen molar-refractivity contribution in [3.63, 3.8) is 0 Å². The smallest absolute Gasteiger partial charge is 0.288 e. The summed E-state index contributed by atoms with van der Waals surface area (Å²) >= 11 is 5.83. The summed E-state index contributed by atoms with van der Waals surface area (Å²) in [7, 11) is 0. The summed E-state index contributed by atoms with van der Waals surface area (Å²) in [5.41, 5.74) is 0.868. The average Bonchev–Trinajstić information content (AvgIpc) is 2.67. The van der Waals surface area contributed by atoms with Crippen LogP contribution in [-0.2, 0) is 6.54 Å². The Kier molecular flexibility index (Phi) is 5.93. The molecule has 1 aromatic rings. The molecule has 1 N–H and O–H groups in total. The lowest BCUT2D eigenvalue weighted by atomic mass is 10.2. The maximum absolute atomic E-state index is 10.9. The standard InChI is InChI=1S/C14H20ClN3O3/c15-13-3-2-12(10-14(13)18(20)21)11-17-5-1-4-16(6-7-17)8-9-19/h2-3,10,19H,1,4-9,11H2. The van der Waals surface area contributed by atoms with Gasteiger partial charge >= 0.3 is 0 Å². The molecule has 2 rings (SSSR count). The van der Waals surface area contributed by atoms with Crippen molar-refractivity contribution in [2.45, 2.75) is 13.0 Å². The molecule has 0 atom stereocenters. The number of hydrogen-bond acceptors (Lipinski definition) is 5. The number of β-amino-alcohol motifs (C(OH)–C–C–N with tert-alkyl or cyclic N) is 1. The third-order valence-electron chi connectivity index (χ3n) is 3.71. The highest BCUT2D eigenvalue weighted by atomic mass is 35.5. The van der Waals surface area contributed by atoms with Crippen LogP contribution in [0.5, 0.6) is 0 Å². The molecule has 0 radical (unpaired) electrons. The molecular formula is C14H20ClN3O3. The van der Waals surface area contributed by atoms with E-state index in [0.717, 1.165) is 38.2 Å². The molecule has 1 saturated heterocycles. The van der Waals surface area contributed by atoms with Crippen LogP contribution in [0.2, 0.25) is 5.02 Å². The number of nitrogens with zero attached hydrogens (tertiary/aromatic N) is 3. The summed E-state index contributed by atoms with van der Waals surface area (Å²) in [5.74, 6) is 0. The number of benzene rings is 1. The van der Waals surface area contributed by atoms with E-state index in [9.17, 15) is 10.1 Å². The molecule has 0 aliphatic carbocycles. The highest BCUT2D eigenvalue weighted by Gasteiger charge is 2.17. The van der Waals surface area contributed by atoms with Crippen molar-refractivity contribution in [1.29, 1.82) is 0 Å². The van der Waals surface area contributed by atoms with Gasteiger partial charge in [0.25, 0.3) is 5.69 Å². The third-order valence-corrected chi connectivity index (χ3v) is 4.03. The Morgan fingerprint density at radius 2 is 1.95 bits per heavy atom. The summed E-state index contributed by atoms with van der Waals surface area (Å²) in [5, 5.41) is 20.1. The Hall–Kier alpha value is -1.21. The fourth-order valence-electron chi connectivity index (χ4n) is 2.60. The van der Waals surface area contributed by atoms with Gasteiger partial charge in [0.05, 0.1) is 11.5 Å². The van der Waals surface area contributed by atoms with Gasteiger partial charge in [0.2, 0.25) is 0 Å². The van der Waals surface area contributed by atoms with Crippen LogP contribution in [0.4, 0.5) is 5.69 Å². The van der Waals surface area contributed by atoms with Crippen LogP contribution in [0.25, 0.3) is 0 Å². The van der Waals surface area contributed by atoms with Gasteiger partial charge in [0.15, 0.2) is 0 Å². The molecule has 0 saturated carbocycles. The zero-order valence-corrected chi connectivity index (χ0v) is 12.6. The van der Waals surface area contributed by atoms with E-state index in [0.29, 0.717) is 13.1 Å². The van der Waals surface area contributed by atoms with Gasteiger partial charge in [0, 0.05) is 32.2 Å². The lowest BCUT2D eigenvalue weighted by Crippen LogP contribution is -2.32. The van der Waals surface area contributed by atoms with E-state index >= 15 is 0 Å². The molecule has 1 aliphatic rings. The van der Waals surface area contributed by atoms with Crippen molar-refractivity contribution in [3.8, 4) is 0 Å².